The van der Waals surface area contributed by atoms with Gasteiger partial charge in [0, 0.05) is 27.5 Å². The smallest absolute Gasteiger partial charge is 0.271 e. The molecule has 3 aromatic rings. The Morgan fingerprint density at radius 2 is 1.81 bits per heavy atom. The normalized spacial score (nSPS) is 11.1. The van der Waals surface area contributed by atoms with Crippen LogP contribution in [0, 0.1) is 20.8 Å². The molecule has 0 unspecified atom stereocenters. The minimum Gasteiger partial charge on any atom is -0.316 e. The van der Waals surface area contributed by atoms with Crippen molar-refractivity contribution in [1.29, 1.82) is 0 Å². The fourth-order valence-corrected chi connectivity index (χ4v) is 3.36. The summed E-state index contributed by atoms with van der Waals surface area (Å²) in [4.78, 5) is 12.3. The number of rotatable bonds is 4. The lowest BCUT2D eigenvalue weighted by Crippen LogP contribution is -2.18. The molecule has 27 heavy (non-hydrogen) atoms. The zero-order valence-corrected chi connectivity index (χ0v) is 16.8. The Morgan fingerprint density at radius 3 is 2.56 bits per heavy atom. The van der Waals surface area contributed by atoms with E-state index in [9.17, 15) is 4.79 Å². The number of amides is 1. The number of nitrogens with zero attached hydrogens (tertiary/aromatic N) is 2. The Bertz CT molecular complexity index is 1040. The van der Waals surface area contributed by atoms with Gasteiger partial charge in [-0.1, -0.05) is 41.4 Å². The van der Waals surface area contributed by atoms with Crippen LogP contribution in [0.1, 0.15) is 32.9 Å². The van der Waals surface area contributed by atoms with E-state index in [1.807, 2.05) is 55.7 Å². The maximum Gasteiger partial charge on any atom is 0.271 e. The molecular weight excluding hydrogens is 381 g/mol. The van der Waals surface area contributed by atoms with Gasteiger partial charge in [-0.05, 0) is 56.7 Å². The third kappa shape index (κ3) is 4.07. The monoisotopic (exact) mass is 399 g/mol. The third-order valence-electron chi connectivity index (χ3n) is 4.38. The zero-order valence-electron chi connectivity index (χ0n) is 15.3. The second-order valence-electron chi connectivity index (χ2n) is 6.27. The molecule has 1 heterocycles. The van der Waals surface area contributed by atoms with Crippen LogP contribution in [0.4, 0.5) is 0 Å². The molecule has 0 saturated carbocycles. The molecular formula is C21H19Cl2N3O. The van der Waals surface area contributed by atoms with Gasteiger partial charge in [0.15, 0.2) is 0 Å². The summed E-state index contributed by atoms with van der Waals surface area (Å²) in [5, 5.41) is 5.33. The molecule has 0 saturated heterocycles. The lowest BCUT2D eigenvalue weighted by atomic mass is 10.1. The van der Waals surface area contributed by atoms with Crippen LogP contribution in [0.5, 0.6) is 0 Å². The van der Waals surface area contributed by atoms with Crippen LogP contribution in [0.2, 0.25) is 10.0 Å². The van der Waals surface area contributed by atoms with Crippen LogP contribution in [-0.4, -0.2) is 16.7 Å². The summed E-state index contributed by atoms with van der Waals surface area (Å²) in [6.45, 7) is 5.84. The summed E-state index contributed by atoms with van der Waals surface area (Å²) >= 11 is 12.5. The van der Waals surface area contributed by atoms with Gasteiger partial charge in [0.05, 0.1) is 16.9 Å². The second kappa shape index (κ2) is 7.99. The number of hydrogen-bond donors (Lipinski definition) is 1. The number of carbonyl (C=O) groups excluding carboxylic acids is 1. The van der Waals surface area contributed by atoms with Crippen molar-refractivity contribution in [2.45, 2.75) is 20.8 Å². The van der Waals surface area contributed by atoms with Crippen LogP contribution in [0.3, 0.4) is 0 Å². The molecule has 1 aromatic heterocycles. The van der Waals surface area contributed by atoms with E-state index in [4.69, 9.17) is 23.2 Å². The number of nitrogens with one attached hydrogen (secondary N) is 1. The molecule has 138 valence electrons. The van der Waals surface area contributed by atoms with E-state index >= 15 is 0 Å². The predicted molar refractivity (Wildman–Crippen MR) is 112 cm³/mol. The highest BCUT2D eigenvalue weighted by Crippen LogP contribution is 2.28. The van der Waals surface area contributed by atoms with Crippen molar-refractivity contribution in [3.63, 3.8) is 0 Å². The number of benzene rings is 2. The molecule has 1 N–H and O–H groups in total. The van der Waals surface area contributed by atoms with Gasteiger partial charge in [-0.15, -0.1) is 0 Å². The van der Waals surface area contributed by atoms with Crippen molar-refractivity contribution < 1.29 is 4.79 Å². The van der Waals surface area contributed by atoms with E-state index in [0.717, 1.165) is 28.2 Å². The van der Waals surface area contributed by atoms with Crippen LogP contribution in [0.15, 0.2) is 53.6 Å². The van der Waals surface area contributed by atoms with Crippen LogP contribution in [-0.2, 0) is 0 Å². The molecule has 0 bridgehead atoms. The molecule has 0 aliphatic carbocycles. The summed E-state index contributed by atoms with van der Waals surface area (Å²) in [5.41, 5.74) is 7.71. The molecule has 0 aliphatic heterocycles. The van der Waals surface area contributed by atoms with Gasteiger partial charge in [0.1, 0.15) is 0 Å². The molecule has 0 aliphatic rings. The van der Waals surface area contributed by atoms with Gasteiger partial charge in [0.2, 0.25) is 0 Å². The minimum atomic E-state index is -0.240. The highest BCUT2D eigenvalue weighted by Gasteiger charge is 2.13. The average molecular weight is 400 g/mol. The van der Waals surface area contributed by atoms with Gasteiger partial charge in [-0.3, -0.25) is 4.79 Å². The lowest BCUT2D eigenvalue weighted by Gasteiger charge is -2.12. The first kappa shape index (κ1) is 19.2. The number of halogens is 2. The summed E-state index contributed by atoms with van der Waals surface area (Å²) in [6, 6.07) is 14.7. The van der Waals surface area contributed by atoms with Crippen molar-refractivity contribution >= 4 is 35.3 Å². The van der Waals surface area contributed by atoms with E-state index in [0.29, 0.717) is 15.6 Å². The summed E-state index contributed by atoms with van der Waals surface area (Å²) < 4.78 is 2.01. The van der Waals surface area contributed by atoms with Crippen molar-refractivity contribution in [3.05, 3.63) is 86.7 Å². The fraction of sp³-hybridized carbons (Fsp3) is 0.143. The van der Waals surface area contributed by atoms with E-state index in [2.05, 4.69) is 10.5 Å². The maximum absolute atomic E-state index is 12.3. The number of carbonyl (C=O) groups is 1. The first-order chi connectivity index (χ1) is 12.9. The van der Waals surface area contributed by atoms with Crippen LogP contribution >= 0.6 is 23.2 Å². The van der Waals surface area contributed by atoms with Crippen molar-refractivity contribution in [1.82, 2.24) is 9.99 Å². The SMILES string of the molecule is Cc1ccccc1C(=O)N/N=C/c1cc(C)n(-c2cc(Cl)ccc2Cl)c1C. The largest absolute Gasteiger partial charge is 0.316 e. The van der Waals surface area contributed by atoms with Crippen molar-refractivity contribution in [2.75, 3.05) is 0 Å². The highest BCUT2D eigenvalue weighted by atomic mass is 35.5. The molecule has 0 radical (unpaired) electrons. The number of aromatic nitrogens is 1. The predicted octanol–water partition coefficient (Wildman–Crippen LogP) is 5.47. The summed E-state index contributed by atoms with van der Waals surface area (Å²) in [5.74, 6) is -0.240. The van der Waals surface area contributed by atoms with Gasteiger partial charge in [0.25, 0.3) is 5.91 Å². The Hall–Kier alpha value is -2.56. The lowest BCUT2D eigenvalue weighted by molar-refractivity contribution is 0.0954. The second-order valence-corrected chi connectivity index (χ2v) is 7.12. The maximum atomic E-state index is 12.3. The molecule has 0 atom stereocenters. The molecule has 4 nitrogen and oxygen atoms in total. The number of aryl methyl sites for hydroxylation is 2. The van der Waals surface area contributed by atoms with Crippen molar-refractivity contribution in [3.8, 4) is 5.69 Å². The van der Waals surface area contributed by atoms with E-state index < -0.39 is 0 Å². The van der Waals surface area contributed by atoms with Crippen molar-refractivity contribution in [2.24, 2.45) is 5.10 Å². The van der Waals surface area contributed by atoms with Crippen LogP contribution < -0.4 is 5.43 Å². The quantitative estimate of drug-likeness (QED) is 0.458. The molecule has 2 aromatic carbocycles. The summed E-state index contributed by atoms with van der Waals surface area (Å²) in [6.07, 6.45) is 1.63. The molecule has 0 spiro atoms. The molecule has 1 amide bonds. The average Bonchev–Trinajstić information content (AvgIpc) is 2.91. The fourth-order valence-electron chi connectivity index (χ4n) is 2.99. The zero-order chi connectivity index (χ0) is 19.6. The van der Waals surface area contributed by atoms with E-state index in [-0.39, 0.29) is 5.91 Å². The van der Waals surface area contributed by atoms with E-state index in [1.54, 1.807) is 24.4 Å². The minimum absolute atomic E-state index is 0.240. The molecule has 6 heteroatoms. The van der Waals surface area contributed by atoms with Crippen LogP contribution in [0.25, 0.3) is 5.69 Å². The molecule has 3 rings (SSSR count). The first-order valence-corrected chi connectivity index (χ1v) is 9.17. The summed E-state index contributed by atoms with van der Waals surface area (Å²) in [7, 11) is 0. The Labute approximate surface area is 168 Å². The third-order valence-corrected chi connectivity index (χ3v) is 4.93. The first-order valence-electron chi connectivity index (χ1n) is 8.42. The Balaban J connectivity index is 1.85. The Morgan fingerprint density at radius 1 is 1.07 bits per heavy atom. The van der Waals surface area contributed by atoms with Gasteiger partial charge in [-0.25, -0.2) is 5.43 Å². The topological polar surface area (TPSA) is 46.4 Å². The number of hydrazone groups is 1. The van der Waals surface area contributed by atoms with Gasteiger partial charge < -0.3 is 4.57 Å². The molecule has 0 fully saturated rings. The number of hydrogen-bond acceptors (Lipinski definition) is 2. The van der Waals surface area contributed by atoms with E-state index in [1.165, 1.54) is 0 Å². The van der Waals surface area contributed by atoms with Gasteiger partial charge >= 0.3 is 0 Å². The standard InChI is InChI=1S/C21H19Cl2N3O/c1-13-6-4-5-7-18(13)21(27)25-24-12-16-10-14(2)26(15(16)3)20-11-17(22)8-9-19(20)23/h4-12H,1-3H3,(H,25,27)/b24-12+. The highest BCUT2D eigenvalue weighted by molar-refractivity contribution is 6.34. The Kier molecular flexibility index (Phi) is 5.68. The van der Waals surface area contributed by atoms with Gasteiger partial charge in [-0.2, -0.15) is 5.10 Å².